The number of hydrogen-bond donors (Lipinski definition) is 4. The van der Waals surface area contributed by atoms with Gasteiger partial charge in [-0.15, -0.1) is 0 Å². The van der Waals surface area contributed by atoms with Crippen LogP contribution in [0.1, 0.15) is 6.42 Å². The zero-order valence-corrected chi connectivity index (χ0v) is 4.36. The van der Waals surface area contributed by atoms with E-state index in [9.17, 15) is 0 Å². The Bertz CT molecular complexity index is 54.0. The summed E-state index contributed by atoms with van der Waals surface area (Å²) in [4.78, 5) is 0. The SMILES string of the molecule is OCC(O)CC(O)O. The van der Waals surface area contributed by atoms with Gasteiger partial charge in [0.15, 0.2) is 6.29 Å². The molecule has 0 aliphatic carbocycles. The Morgan fingerprint density at radius 2 is 1.62 bits per heavy atom. The van der Waals surface area contributed by atoms with Crippen molar-refractivity contribution in [1.82, 2.24) is 0 Å². The Morgan fingerprint density at radius 3 is 1.75 bits per heavy atom. The summed E-state index contributed by atoms with van der Waals surface area (Å²) in [6, 6.07) is 0. The van der Waals surface area contributed by atoms with E-state index in [0.29, 0.717) is 0 Å². The van der Waals surface area contributed by atoms with Crippen LogP contribution in [0.3, 0.4) is 0 Å². The highest BCUT2D eigenvalue weighted by Crippen LogP contribution is 1.92. The fourth-order valence-corrected chi connectivity index (χ4v) is 0.318. The first-order valence-corrected chi connectivity index (χ1v) is 2.32. The molecule has 0 saturated heterocycles. The van der Waals surface area contributed by atoms with Gasteiger partial charge in [-0.3, -0.25) is 0 Å². The first-order valence-electron chi connectivity index (χ1n) is 2.32. The second kappa shape index (κ2) is 3.80. The van der Waals surface area contributed by atoms with Gasteiger partial charge in [-0.2, -0.15) is 0 Å². The molecule has 0 aliphatic heterocycles. The molecule has 4 N–H and O–H groups in total. The van der Waals surface area contributed by atoms with Gasteiger partial charge in [-0.05, 0) is 0 Å². The van der Waals surface area contributed by atoms with Gasteiger partial charge in [-0.1, -0.05) is 0 Å². The van der Waals surface area contributed by atoms with Crippen molar-refractivity contribution in [2.75, 3.05) is 6.61 Å². The quantitative estimate of drug-likeness (QED) is 0.328. The van der Waals surface area contributed by atoms with Crippen LogP contribution >= 0.6 is 0 Å². The van der Waals surface area contributed by atoms with E-state index in [0.717, 1.165) is 0 Å². The Kier molecular flexibility index (Phi) is 3.72. The second-order valence-corrected chi connectivity index (χ2v) is 1.55. The van der Waals surface area contributed by atoms with Gasteiger partial charge in [0.05, 0.1) is 12.7 Å². The molecule has 0 aromatic rings. The summed E-state index contributed by atoms with van der Waals surface area (Å²) in [6.45, 7) is -0.433. The molecule has 50 valence electrons. The summed E-state index contributed by atoms with van der Waals surface area (Å²) in [6.07, 6.45) is -2.75. The lowest BCUT2D eigenvalue weighted by molar-refractivity contribution is -0.0770. The van der Waals surface area contributed by atoms with Crippen LogP contribution in [0.15, 0.2) is 0 Å². The maximum Gasteiger partial charge on any atom is 0.153 e. The molecule has 0 amide bonds. The van der Waals surface area contributed by atoms with Crippen molar-refractivity contribution < 1.29 is 20.4 Å². The van der Waals surface area contributed by atoms with E-state index in [-0.39, 0.29) is 6.42 Å². The molecule has 0 aliphatic rings. The Balaban J connectivity index is 3.10. The van der Waals surface area contributed by atoms with Crippen LogP contribution in [0.5, 0.6) is 0 Å². The first kappa shape index (κ1) is 7.84. The predicted octanol–water partition coefficient (Wildman–Crippen LogP) is -1.96. The summed E-state index contributed by atoms with van der Waals surface area (Å²) >= 11 is 0. The van der Waals surface area contributed by atoms with E-state index >= 15 is 0 Å². The fraction of sp³-hybridized carbons (Fsp3) is 1.00. The topological polar surface area (TPSA) is 80.9 Å². The fourth-order valence-electron chi connectivity index (χ4n) is 0.318. The highest BCUT2D eigenvalue weighted by atomic mass is 16.5. The predicted molar refractivity (Wildman–Crippen MR) is 25.9 cm³/mol. The Morgan fingerprint density at radius 1 is 1.12 bits per heavy atom. The highest BCUT2D eigenvalue weighted by molar-refractivity contribution is 4.51. The van der Waals surface area contributed by atoms with E-state index < -0.39 is 19.0 Å². The molecular formula is C4H10O4. The zero-order valence-electron chi connectivity index (χ0n) is 4.36. The first-order chi connectivity index (χ1) is 3.66. The van der Waals surface area contributed by atoms with Gasteiger partial charge in [0, 0.05) is 6.42 Å². The van der Waals surface area contributed by atoms with Crippen LogP contribution < -0.4 is 0 Å². The van der Waals surface area contributed by atoms with E-state index in [1.165, 1.54) is 0 Å². The van der Waals surface area contributed by atoms with Gasteiger partial charge < -0.3 is 20.4 Å². The van der Waals surface area contributed by atoms with Crippen LogP contribution in [-0.2, 0) is 0 Å². The summed E-state index contributed by atoms with van der Waals surface area (Å²) in [5.41, 5.74) is 0. The monoisotopic (exact) mass is 122 g/mol. The molecule has 0 radical (unpaired) electrons. The molecule has 4 heteroatoms. The van der Waals surface area contributed by atoms with E-state index in [2.05, 4.69) is 0 Å². The molecule has 4 nitrogen and oxygen atoms in total. The van der Waals surface area contributed by atoms with Crippen molar-refractivity contribution in [2.45, 2.75) is 18.8 Å². The summed E-state index contributed by atoms with van der Waals surface area (Å²) < 4.78 is 0. The number of aliphatic hydroxyl groups excluding tert-OH is 3. The highest BCUT2D eigenvalue weighted by Gasteiger charge is 2.05. The third-order valence-electron chi connectivity index (χ3n) is 0.694. The molecule has 0 heterocycles. The van der Waals surface area contributed by atoms with E-state index in [1.807, 2.05) is 0 Å². The minimum absolute atomic E-state index is 0.198. The molecular weight excluding hydrogens is 112 g/mol. The Labute approximate surface area is 47.0 Å². The van der Waals surface area contributed by atoms with Crippen LogP contribution in [0, 0.1) is 0 Å². The molecule has 0 aromatic heterocycles. The van der Waals surface area contributed by atoms with Gasteiger partial charge >= 0.3 is 0 Å². The van der Waals surface area contributed by atoms with Crippen molar-refractivity contribution in [1.29, 1.82) is 0 Å². The summed E-state index contributed by atoms with van der Waals surface area (Å²) in [5, 5.41) is 32.8. The third-order valence-corrected chi connectivity index (χ3v) is 0.694. The molecule has 0 rings (SSSR count). The number of aliphatic hydroxyl groups is 4. The lowest BCUT2D eigenvalue weighted by atomic mass is 10.3. The van der Waals surface area contributed by atoms with Crippen LogP contribution in [0.2, 0.25) is 0 Å². The molecule has 0 aromatic carbocycles. The van der Waals surface area contributed by atoms with Gasteiger partial charge in [-0.25, -0.2) is 0 Å². The third kappa shape index (κ3) is 4.01. The minimum Gasteiger partial charge on any atom is -0.394 e. The normalized spacial score (nSPS) is 14.6. The second-order valence-electron chi connectivity index (χ2n) is 1.55. The van der Waals surface area contributed by atoms with Gasteiger partial charge in [0.25, 0.3) is 0 Å². The van der Waals surface area contributed by atoms with Crippen molar-refractivity contribution >= 4 is 0 Å². The van der Waals surface area contributed by atoms with Crippen LogP contribution in [-0.4, -0.2) is 39.4 Å². The molecule has 0 fully saturated rings. The van der Waals surface area contributed by atoms with Crippen molar-refractivity contribution in [3.63, 3.8) is 0 Å². The molecule has 8 heavy (non-hydrogen) atoms. The minimum atomic E-state index is -1.53. The largest absolute Gasteiger partial charge is 0.394 e. The van der Waals surface area contributed by atoms with Gasteiger partial charge in [0.1, 0.15) is 0 Å². The van der Waals surface area contributed by atoms with E-state index in [4.69, 9.17) is 20.4 Å². The van der Waals surface area contributed by atoms with Gasteiger partial charge in [0.2, 0.25) is 0 Å². The standard InChI is InChI=1S/C4H10O4/c5-2-3(6)1-4(7)8/h3-8H,1-2H2. The zero-order chi connectivity index (χ0) is 6.57. The average molecular weight is 122 g/mol. The number of hydrogen-bond acceptors (Lipinski definition) is 4. The molecule has 0 saturated carbocycles. The molecule has 1 unspecified atom stereocenters. The molecule has 1 atom stereocenters. The summed E-state index contributed by atoms with van der Waals surface area (Å²) in [5.74, 6) is 0. The maximum atomic E-state index is 8.46. The van der Waals surface area contributed by atoms with Crippen molar-refractivity contribution in [3.05, 3.63) is 0 Å². The Hall–Kier alpha value is -0.160. The molecule has 0 spiro atoms. The van der Waals surface area contributed by atoms with Crippen LogP contribution in [0.4, 0.5) is 0 Å². The lowest BCUT2D eigenvalue weighted by Crippen LogP contribution is -2.19. The van der Waals surface area contributed by atoms with Crippen LogP contribution in [0.25, 0.3) is 0 Å². The summed E-state index contributed by atoms with van der Waals surface area (Å²) in [7, 11) is 0. The van der Waals surface area contributed by atoms with Crippen molar-refractivity contribution in [2.24, 2.45) is 0 Å². The maximum absolute atomic E-state index is 8.46. The van der Waals surface area contributed by atoms with Crippen molar-refractivity contribution in [3.8, 4) is 0 Å². The lowest BCUT2D eigenvalue weighted by Gasteiger charge is -2.06. The smallest absolute Gasteiger partial charge is 0.153 e. The molecule has 0 bridgehead atoms. The average Bonchev–Trinajstić information content (AvgIpc) is 1.65. The van der Waals surface area contributed by atoms with E-state index in [1.54, 1.807) is 0 Å². The number of rotatable bonds is 3.